The predicted molar refractivity (Wildman–Crippen MR) is 98.9 cm³/mol. The van der Waals surface area contributed by atoms with E-state index in [4.69, 9.17) is 27.9 Å². The van der Waals surface area contributed by atoms with Gasteiger partial charge in [0.15, 0.2) is 0 Å². The van der Waals surface area contributed by atoms with Gasteiger partial charge in [0.25, 0.3) is 0 Å². The van der Waals surface area contributed by atoms with Crippen molar-refractivity contribution < 1.29 is 9.53 Å². The Morgan fingerprint density at radius 1 is 1.22 bits per heavy atom. The summed E-state index contributed by atoms with van der Waals surface area (Å²) in [4.78, 5) is 12.0. The molecule has 0 heterocycles. The van der Waals surface area contributed by atoms with Crippen molar-refractivity contribution in [3.8, 4) is 5.75 Å². The van der Waals surface area contributed by atoms with Crippen LogP contribution in [-0.2, 0) is 10.5 Å². The Hall–Kier alpha value is -1.36. The minimum atomic E-state index is -0.118. The number of para-hydroxylation sites is 1. The summed E-state index contributed by atoms with van der Waals surface area (Å²) in [7, 11) is 0. The SMILES string of the molecule is CCOc1ccccc1CSCC(=O)Nc1cc(Cl)ccc1Cl. The highest BCUT2D eigenvalue weighted by molar-refractivity contribution is 7.99. The fourth-order valence-electron chi connectivity index (χ4n) is 1.95. The number of halogens is 2. The van der Waals surface area contributed by atoms with Gasteiger partial charge in [0.2, 0.25) is 5.91 Å². The minimum absolute atomic E-state index is 0.118. The highest BCUT2D eigenvalue weighted by Crippen LogP contribution is 2.26. The molecule has 0 radical (unpaired) electrons. The molecule has 122 valence electrons. The Morgan fingerprint density at radius 3 is 2.78 bits per heavy atom. The molecule has 0 unspecified atom stereocenters. The molecule has 1 amide bonds. The van der Waals surface area contributed by atoms with Crippen LogP contribution in [0.5, 0.6) is 5.75 Å². The fraction of sp³-hybridized carbons (Fsp3) is 0.235. The largest absolute Gasteiger partial charge is 0.494 e. The van der Waals surface area contributed by atoms with Gasteiger partial charge in [0.1, 0.15) is 5.75 Å². The monoisotopic (exact) mass is 369 g/mol. The Labute approximate surface area is 150 Å². The van der Waals surface area contributed by atoms with Crippen molar-refractivity contribution in [3.63, 3.8) is 0 Å². The third kappa shape index (κ3) is 5.65. The van der Waals surface area contributed by atoms with Gasteiger partial charge in [0, 0.05) is 16.3 Å². The molecule has 0 aliphatic carbocycles. The van der Waals surface area contributed by atoms with Crippen LogP contribution < -0.4 is 10.1 Å². The number of hydrogen-bond donors (Lipinski definition) is 1. The Morgan fingerprint density at radius 2 is 2.00 bits per heavy atom. The van der Waals surface area contributed by atoms with Crippen molar-refractivity contribution in [1.29, 1.82) is 0 Å². The molecule has 23 heavy (non-hydrogen) atoms. The van der Waals surface area contributed by atoms with Crippen LogP contribution in [0.15, 0.2) is 42.5 Å². The number of hydrogen-bond acceptors (Lipinski definition) is 3. The second-order valence-corrected chi connectivity index (χ2v) is 6.54. The molecule has 2 aromatic rings. The first-order valence-electron chi connectivity index (χ1n) is 7.13. The Bertz CT molecular complexity index is 679. The van der Waals surface area contributed by atoms with Crippen molar-refractivity contribution in [2.24, 2.45) is 0 Å². The van der Waals surface area contributed by atoms with Crippen molar-refractivity contribution in [2.75, 3.05) is 17.7 Å². The summed E-state index contributed by atoms with van der Waals surface area (Å²) >= 11 is 13.4. The van der Waals surface area contributed by atoms with E-state index in [1.54, 1.807) is 18.2 Å². The van der Waals surface area contributed by atoms with Crippen LogP contribution in [0.3, 0.4) is 0 Å². The standard InChI is InChI=1S/C17H17Cl2NO2S/c1-2-22-16-6-4-3-5-12(16)10-23-11-17(21)20-15-9-13(18)7-8-14(15)19/h3-9H,2,10-11H2,1H3,(H,20,21). The third-order valence-electron chi connectivity index (χ3n) is 2.97. The maximum atomic E-state index is 12.0. The van der Waals surface area contributed by atoms with Gasteiger partial charge in [0.05, 0.1) is 23.1 Å². The van der Waals surface area contributed by atoms with Crippen LogP contribution in [0.25, 0.3) is 0 Å². The molecular weight excluding hydrogens is 353 g/mol. The summed E-state index contributed by atoms with van der Waals surface area (Å²) in [6, 6.07) is 12.8. The van der Waals surface area contributed by atoms with E-state index in [9.17, 15) is 4.79 Å². The molecule has 3 nitrogen and oxygen atoms in total. The molecule has 0 spiro atoms. The minimum Gasteiger partial charge on any atom is -0.494 e. The molecule has 0 atom stereocenters. The Kier molecular flexibility index (Phi) is 7.09. The van der Waals surface area contributed by atoms with Crippen LogP contribution >= 0.6 is 35.0 Å². The smallest absolute Gasteiger partial charge is 0.234 e. The fourth-order valence-corrected chi connectivity index (χ4v) is 3.11. The number of anilines is 1. The zero-order valence-corrected chi connectivity index (χ0v) is 15.0. The second kappa shape index (κ2) is 9.06. The zero-order chi connectivity index (χ0) is 16.7. The second-order valence-electron chi connectivity index (χ2n) is 4.71. The van der Waals surface area contributed by atoms with Crippen molar-refractivity contribution in [1.82, 2.24) is 0 Å². The zero-order valence-electron chi connectivity index (χ0n) is 12.6. The lowest BCUT2D eigenvalue weighted by molar-refractivity contribution is -0.113. The van der Waals surface area contributed by atoms with Crippen LogP contribution in [0.4, 0.5) is 5.69 Å². The lowest BCUT2D eigenvalue weighted by Crippen LogP contribution is -2.14. The van der Waals surface area contributed by atoms with Gasteiger partial charge >= 0.3 is 0 Å². The quantitative estimate of drug-likeness (QED) is 0.722. The summed E-state index contributed by atoms with van der Waals surface area (Å²) in [5.41, 5.74) is 1.60. The third-order valence-corrected chi connectivity index (χ3v) is 4.51. The lowest BCUT2D eigenvalue weighted by atomic mass is 10.2. The van der Waals surface area contributed by atoms with Gasteiger partial charge in [-0.05, 0) is 31.2 Å². The van der Waals surface area contributed by atoms with E-state index in [0.717, 1.165) is 11.3 Å². The van der Waals surface area contributed by atoms with Crippen LogP contribution in [-0.4, -0.2) is 18.3 Å². The lowest BCUT2D eigenvalue weighted by Gasteiger charge is -2.10. The van der Waals surface area contributed by atoms with E-state index in [1.165, 1.54) is 11.8 Å². The summed E-state index contributed by atoms with van der Waals surface area (Å²) < 4.78 is 5.57. The summed E-state index contributed by atoms with van der Waals surface area (Å²) in [6.07, 6.45) is 0. The van der Waals surface area contributed by atoms with E-state index in [0.29, 0.717) is 33.8 Å². The van der Waals surface area contributed by atoms with E-state index in [-0.39, 0.29) is 5.91 Å². The number of carbonyl (C=O) groups excluding carboxylic acids is 1. The molecule has 0 saturated heterocycles. The molecular formula is C17H17Cl2NO2S. The molecule has 6 heteroatoms. The number of benzene rings is 2. The normalized spacial score (nSPS) is 10.4. The highest BCUT2D eigenvalue weighted by Gasteiger charge is 2.08. The molecule has 1 N–H and O–H groups in total. The van der Waals surface area contributed by atoms with Gasteiger partial charge in [-0.3, -0.25) is 4.79 Å². The van der Waals surface area contributed by atoms with E-state index in [1.807, 2.05) is 31.2 Å². The van der Waals surface area contributed by atoms with Gasteiger partial charge in [-0.1, -0.05) is 41.4 Å². The number of rotatable bonds is 7. The van der Waals surface area contributed by atoms with Crippen molar-refractivity contribution >= 4 is 46.6 Å². The molecule has 2 rings (SSSR count). The summed E-state index contributed by atoms with van der Waals surface area (Å²) in [5.74, 6) is 1.77. The first kappa shape index (κ1) is 18.0. The van der Waals surface area contributed by atoms with E-state index in [2.05, 4.69) is 5.32 Å². The molecule has 0 saturated carbocycles. The maximum absolute atomic E-state index is 12.0. The van der Waals surface area contributed by atoms with Gasteiger partial charge in [-0.2, -0.15) is 0 Å². The van der Waals surface area contributed by atoms with Gasteiger partial charge in [-0.15, -0.1) is 11.8 Å². The number of amides is 1. The number of thioether (sulfide) groups is 1. The maximum Gasteiger partial charge on any atom is 0.234 e. The molecule has 0 aliphatic rings. The van der Waals surface area contributed by atoms with Crippen LogP contribution in [0.1, 0.15) is 12.5 Å². The molecule has 2 aromatic carbocycles. The van der Waals surface area contributed by atoms with Crippen LogP contribution in [0, 0.1) is 0 Å². The molecule has 0 bridgehead atoms. The van der Waals surface area contributed by atoms with Crippen molar-refractivity contribution in [2.45, 2.75) is 12.7 Å². The van der Waals surface area contributed by atoms with E-state index >= 15 is 0 Å². The topological polar surface area (TPSA) is 38.3 Å². The average molecular weight is 370 g/mol. The first-order chi connectivity index (χ1) is 11.1. The summed E-state index contributed by atoms with van der Waals surface area (Å²) in [5, 5.41) is 3.77. The molecule has 0 aromatic heterocycles. The van der Waals surface area contributed by atoms with Crippen LogP contribution in [0.2, 0.25) is 10.0 Å². The molecule has 0 fully saturated rings. The molecule has 0 aliphatic heterocycles. The Balaban J connectivity index is 1.87. The number of carbonyl (C=O) groups is 1. The predicted octanol–water partition coefficient (Wildman–Crippen LogP) is 5.26. The van der Waals surface area contributed by atoms with Gasteiger partial charge in [-0.25, -0.2) is 0 Å². The van der Waals surface area contributed by atoms with E-state index < -0.39 is 0 Å². The van der Waals surface area contributed by atoms with Gasteiger partial charge < -0.3 is 10.1 Å². The number of ether oxygens (including phenoxy) is 1. The number of nitrogens with one attached hydrogen (secondary N) is 1. The highest BCUT2D eigenvalue weighted by atomic mass is 35.5. The average Bonchev–Trinajstić information content (AvgIpc) is 2.53. The summed E-state index contributed by atoms with van der Waals surface area (Å²) in [6.45, 7) is 2.57. The van der Waals surface area contributed by atoms with Crippen molar-refractivity contribution in [3.05, 3.63) is 58.1 Å². The first-order valence-corrected chi connectivity index (χ1v) is 9.04.